The first kappa shape index (κ1) is 23.3. The topological polar surface area (TPSA) is 127 Å². The third-order valence-corrected chi connectivity index (χ3v) is 9.18. The number of aliphatic hydroxyl groups is 2. The number of hydrogen-bond acceptors (Lipinski definition) is 7. The van der Waals surface area contributed by atoms with Crippen molar-refractivity contribution < 1.29 is 33.7 Å². The van der Waals surface area contributed by atoms with E-state index in [1.165, 1.54) is 12.2 Å². The first-order valence-electron chi connectivity index (χ1n) is 11.3. The summed E-state index contributed by atoms with van der Waals surface area (Å²) >= 11 is 0. The number of fused-ring (bicyclic) bond motifs is 5. The molecule has 4 N–H and O–H groups in total. The molecule has 7 nitrogen and oxygen atoms in total. The predicted octanol–water partition coefficient (Wildman–Crippen LogP) is 1.41. The minimum absolute atomic E-state index is 0.118. The first-order chi connectivity index (χ1) is 14.9. The lowest BCUT2D eigenvalue weighted by atomic mass is 9.44. The van der Waals surface area contributed by atoms with Crippen molar-refractivity contribution in [2.75, 3.05) is 13.2 Å². The molecule has 0 spiro atoms. The van der Waals surface area contributed by atoms with Gasteiger partial charge < -0.3 is 20.7 Å². The number of carbonyl (C=O) groups excluding carboxylic acids is 3. The van der Waals surface area contributed by atoms with E-state index >= 15 is 4.39 Å². The van der Waals surface area contributed by atoms with Crippen molar-refractivity contribution >= 4 is 17.5 Å². The van der Waals surface area contributed by atoms with Crippen LogP contribution in [0.3, 0.4) is 0 Å². The van der Waals surface area contributed by atoms with Gasteiger partial charge in [-0.2, -0.15) is 0 Å². The summed E-state index contributed by atoms with van der Waals surface area (Å²) in [6.45, 7) is 4.21. The SMILES string of the molecule is C[C@@H]1C[C@H]2[C@@H]3CCC4=CC(=O)C=C[C@]4(C)[C@@]3(F)[C@@H](O)C[C@]2(C)[C@@]1(O)C(=O)COC(=O)CN. The van der Waals surface area contributed by atoms with E-state index in [1.54, 1.807) is 26.8 Å². The summed E-state index contributed by atoms with van der Waals surface area (Å²) < 4.78 is 21.9. The number of carbonyl (C=O) groups is 3. The van der Waals surface area contributed by atoms with Crippen molar-refractivity contribution in [2.45, 2.75) is 63.8 Å². The van der Waals surface area contributed by atoms with Gasteiger partial charge >= 0.3 is 5.97 Å². The third-order valence-electron chi connectivity index (χ3n) is 9.18. The maximum Gasteiger partial charge on any atom is 0.320 e. The molecule has 4 aliphatic rings. The molecule has 0 amide bonds. The largest absolute Gasteiger partial charge is 0.457 e. The number of rotatable bonds is 4. The molecule has 8 atom stereocenters. The van der Waals surface area contributed by atoms with Gasteiger partial charge in [0.2, 0.25) is 5.78 Å². The first-order valence-corrected chi connectivity index (χ1v) is 11.3. The van der Waals surface area contributed by atoms with Crippen LogP contribution in [0.5, 0.6) is 0 Å². The molecule has 0 bridgehead atoms. The standard InChI is InChI=1S/C24H32FNO6/c1-13-8-17-16-5-4-14-9-15(27)6-7-21(14,2)23(16,25)18(28)10-22(17,3)24(13,31)19(29)12-32-20(30)11-26/h6-7,9,13,16-18,28,31H,4-5,8,10-12,26H2,1-3H3/t13-,16+,17+,18+,21+,22+,23+,24+/m1/s1. The smallest absolute Gasteiger partial charge is 0.320 e. The number of ether oxygens (including phenoxy) is 1. The molecule has 0 aromatic rings. The Labute approximate surface area is 186 Å². The zero-order valence-corrected chi connectivity index (χ0v) is 18.8. The van der Waals surface area contributed by atoms with E-state index in [0.29, 0.717) is 24.8 Å². The van der Waals surface area contributed by atoms with Gasteiger partial charge in [0.25, 0.3) is 0 Å². The monoisotopic (exact) mass is 449 g/mol. The Hall–Kier alpha value is -1.90. The zero-order chi connectivity index (χ0) is 23.7. The quantitative estimate of drug-likeness (QED) is 0.554. The van der Waals surface area contributed by atoms with Gasteiger partial charge in [-0.3, -0.25) is 14.4 Å². The molecule has 3 saturated carbocycles. The van der Waals surface area contributed by atoms with E-state index < -0.39 is 58.4 Å². The van der Waals surface area contributed by atoms with Crippen molar-refractivity contribution in [1.29, 1.82) is 0 Å². The highest BCUT2D eigenvalue weighted by Gasteiger charge is 2.75. The van der Waals surface area contributed by atoms with Gasteiger partial charge in [0, 0.05) is 16.7 Å². The summed E-state index contributed by atoms with van der Waals surface area (Å²) in [7, 11) is 0. The number of halogens is 1. The van der Waals surface area contributed by atoms with Crippen molar-refractivity contribution in [2.24, 2.45) is 34.3 Å². The van der Waals surface area contributed by atoms with Gasteiger partial charge in [-0.05, 0) is 56.6 Å². The van der Waals surface area contributed by atoms with Crippen LogP contribution in [0.25, 0.3) is 0 Å². The molecule has 3 fully saturated rings. The van der Waals surface area contributed by atoms with Crippen molar-refractivity contribution in [1.82, 2.24) is 0 Å². The van der Waals surface area contributed by atoms with E-state index in [0.717, 1.165) is 0 Å². The fraction of sp³-hybridized carbons (Fsp3) is 0.708. The highest BCUT2D eigenvalue weighted by Crippen LogP contribution is 2.70. The maximum atomic E-state index is 17.0. The summed E-state index contributed by atoms with van der Waals surface area (Å²) in [6, 6.07) is 0. The molecule has 0 radical (unpaired) electrons. The third kappa shape index (κ3) is 2.72. The minimum Gasteiger partial charge on any atom is -0.457 e. The van der Waals surface area contributed by atoms with Crippen LogP contribution >= 0.6 is 0 Å². The summed E-state index contributed by atoms with van der Waals surface area (Å²) in [5.74, 6) is -3.07. The van der Waals surface area contributed by atoms with Crippen LogP contribution in [-0.2, 0) is 19.1 Å². The molecule has 0 aliphatic heterocycles. The second-order valence-corrected chi connectivity index (χ2v) is 10.5. The second-order valence-electron chi connectivity index (χ2n) is 10.5. The lowest BCUT2D eigenvalue weighted by Gasteiger charge is -2.62. The van der Waals surface area contributed by atoms with Crippen molar-refractivity contribution in [3.05, 3.63) is 23.8 Å². The van der Waals surface area contributed by atoms with Crippen LogP contribution in [-0.4, -0.2) is 58.3 Å². The number of hydrogen-bond donors (Lipinski definition) is 3. The normalized spacial score (nSPS) is 47.2. The number of aliphatic hydroxyl groups excluding tert-OH is 1. The average molecular weight is 450 g/mol. The predicted molar refractivity (Wildman–Crippen MR) is 113 cm³/mol. The Kier molecular flexibility index (Phi) is 5.31. The fourth-order valence-electron chi connectivity index (χ4n) is 7.46. The molecule has 32 heavy (non-hydrogen) atoms. The number of ketones is 2. The Balaban J connectivity index is 1.73. The highest BCUT2D eigenvalue weighted by atomic mass is 19.1. The van der Waals surface area contributed by atoms with Crippen LogP contribution in [0.4, 0.5) is 4.39 Å². The number of allylic oxidation sites excluding steroid dienone is 4. The lowest BCUT2D eigenvalue weighted by Crippen LogP contribution is -2.69. The van der Waals surface area contributed by atoms with Gasteiger partial charge in [0.1, 0.15) is 5.60 Å². The number of esters is 1. The van der Waals surface area contributed by atoms with Crippen LogP contribution in [0.1, 0.15) is 46.5 Å². The van der Waals surface area contributed by atoms with Gasteiger partial charge in [-0.1, -0.05) is 25.5 Å². The second kappa shape index (κ2) is 7.30. The van der Waals surface area contributed by atoms with Crippen LogP contribution in [0.15, 0.2) is 23.8 Å². The van der Waals surface area contributed by atoms with Crippen LogP contribution in [0.2, 0.25) is 0 Å². The van der Waals surface area contributed by atoms with E-state index in [4.69, 9.17) is 10.5 Å². The molecule has 0 aromatic heterocycles. The summed E-state index contributed by atoms with van der Waals surface area (Å²) in [6.07, 6.45) is 4.17. The zero-order valence-electron chi connectivity index (χ0n) is 18.8. The van der Waals surface area contributed by atoms with Gasteiger partial charge in [0.15, 0.2) is 18.1 Å². The number of Topliss-reactive ketones (excluding diaryl/α,β-unsaturated/α-hetero) is 1. The van der Waals surface area contributed by atoms with Crippen molar-refractivity contribution in [3.63, 3.8) is 0 Å². The van der Waals surface area contributed by atoms with E-state index in [2.05, 4.69) is 0 Å². The average Bonchev–Trinajstić information content (AvgIpc) is 2.94. The number of nitrogens with two attached hydrogens (primary N) is 1. The highest BCUT2D eigenvalue weighted by molar-refractivity contribution is 6.01. The molecule has 4 aliphatic carbocycles. The lowest BCUT2D eigenvalue weighted by molar-refractivity contribution is -0.219. The molecular weight excluding hydrogens is 417 g/mol. The van der Waals surface area contributed by atoms with E-state index in [9.17, 15) is 24.6 Å². The number of alkyl halides is 1. The van der Waals surface area contributed by atoms with Crippen molar-refractivity contribution in [3.8, 4) is 0 Å². The van der Waals surface area contributed by atoms with Gasteiger partial charge in [-0.15, -0.1) is 0 Å². The molecule has 0 unspecified atom stereocenters. The van der Waals surface area contributed by atoms with Crippen LogP contribution in [0, 0.1) is 28.6 Å². The van der Waals surface area contributed by atoms with Gasteiger partial charge in [0.05, 0.1) is 12.6 Å². The summed E-state index contributed by atoms with van der Waals surface area (Å²) in [5.41, 5.74) is -0.214. The fourth-order valence-corrected chi connectivity index (χ4v) is 7.46. The molecular formula is C24H32FNO6. The molecule has 0 aromatic carbocycles. The van der Waals surface area contributed by atoms with Gasteiger partial charge in [-0.25, -0.2) is 4.39 Å². The summed E-state index contributed by atoms with van der Waals surface area (Å²) in [4.78, 5) is 36.5. The Bertz CT molecular complexity index is 931. The Morgan fingerprint density at radius 1 is 1.31 bits per heavy atom. The van der Waals surface area contributed by atoms with E-state index in [1.807, 2.05) is 0 Å². The maximum absolute atomic E-state index is 17.0. The molecule has 176 valence electrons. The molecule has 0 heterocycles. The minimum atomic E-state index is -2.03. The molecule has 8 heteroatoms. The Morgan fingerprint density at radius 3 is 2.66 bits per heavy atom. The van der Waals surface area contributed by atoms with Crippen LogP contribution < -0.4 is 5.73 Å². The van der Waals surface area contributed by atoms with E-state index in [-0.39, 0.29) is 24.7 Å². The summed E-state index contributed by atoms with van der Waals surface area (Å²) in [5, 5.41) is 23.0. The molecule has 4 rings (SSSR count). The Morgan fingerprint density at radius 2 is 2.00 bits per heavy atom. The molecule has 0 saturated heterocycles.